The number of hydroxylamine groups is 2. The fourth-order valence-corrected chi connectivity index (χ4v) is 2.56. The van der Waals surface area contributed by atoms with Crippen LogP contribution < -0.4 is 0 Å². The van der Waals surface area contributed by atoms with Crippen LogP contribution in [-0.4, -0.2) is 22.8 Å². The van der Waals surface area contributed by atoms with Gasteiger partial charge in [0.1, 0.15) is 0 Å². The summed E-state index contributed by atoms with van der Waals surface area (Å²) in [7, 11) is 0. The van der Waals surface area contributed by atoms with Gasteiger partial charge in [-0.2, -0.15) is 0 Å². The molecule has 5 nitrogen and oxygen atoms in total. The molecule has 0 aromatic heterocycles. The third-order valence-electron chi connectivity index (χ3n) is 2.28. The second-order valence-electron chi connectivity index (χ2n) is 3.62. The maximum atomic E-state index is 11.8. The van der Waals surface area contributed by atoms with E-state index in [0.717, 1.165) is 3.57 Å². The Hall–Kier alpha value is -1.15. The van der Waals surface area contributed by atoms with Gasteiger partial charge in [-0.25, -0.2) is 4.79 Å². The first kappa shape index (κ1) is 13.3. The molecule has 1 saturated heterocycles. The predicted molar refractivity (Wildman–Crippen MR) is 70.7 cm³/mol. The van der Waals surface area contributed by atoms with E-state index in [0.29, 0.717) is 10.1 Å². The summed E-state index contributed by atoms with van der Waals surface area (Å²) in [4.78, 5) is 39.1. The standard InChI is InChI=1S/C11H7ClINO4/c12-7-3-6(4-8(13)5-7)11(17)18-14-9(15)1-2-10(14)16/h3-5H,1-2H2. The number of imide groups is 1. The largest absolute Gasteiger partial charge is 0.364 e. The Balaban J connectivity index is 2.17. The van der Waals surface area contributed by atoms with Crippen molar-refractivity contribution >= 4 is 52.0 Å². The first-order valence-electron chi connectivity index (χ1n) is 5.01. The van der Waals surface area contributed by atoms with E-state index in [2.05, 4.69) is 0 Å². The van der Waals surface area contributed by atoms with Crippen LogP contribution in [0.3, 0.4) is 0 Å². The van der Waals surface area contributed by atoms with Crippen molar-refractivity contribution in [3.05, 3.63) is 32.4 Å². The summed E-state index contributed by atoms with van der Waals surface area (Å²) in [5.41, 5.74) is 0.194. The Kier molecular flexibility index (Phi) is 3.86. The molecule has 0 bridgehead atoms. The molecule has 2 rings (SSSR count). The first-order valence-corrected chi connectivity index (χ1v) is 6.47. The van der Waals surface area contributed by atoms with Crippen LogP contribution in [0.1, 0.15) is 23.2 Å². The summed E-state index contributed by atoms with van der Waals surface area (Å²) in [6, 6.07) is 4.64. The fraction of sp³-hybridized carbons (Fsp3) is 0.182. The van der Waals surface area contributed by atoms with E-state index in [-0.39, 0.29) is 18.4 Å². The summed E-state index contributed by atoms with van der Waals surface area (Å²) in [5.74, 6) is -1.80. The van der Waals surface area contributed by atoms with Crippen molar-refractivity contribution < 1.29 is 19.2 Å². The molecule has 1 fully saturated rings. The monoisotopic (exact) mass is 379 g/mol. The number of carbonyl (C=O) groups is 3. The molecule has 18 heavy (non-hydrogen) atoms. The molecule has 1 aliphatic rings. The predicted octanol–water partition coefficient (Wildman–Crippen LogP) is 2.17. The molecule has 0 saturated carbocycles. The second kappa shape index (κ2) is 5.23. The van der Waals surface area contributed by atoms with Crippen molar-refractivity contribution in [2.24, 2.45) is 0 Å². The molecule has 0 spiro atoms. The van der Waals surface area contributed by atoms with E-state index in [1.54, 1.807) is 12.1 Å². The SMILES string of the molecule is O=C(ON1C(=O)CCC1=O)c1cc(Cl)cc(I)c1. The van der Waals surface area contributed by atoms with Crippen molar-refractivity contribution in [2.45, 2.75) is 12.8 Å². The van der Waals surface area contributed by atoms with E-state index < -0.39 is 17.8 Å². The van der Waals surface area contributed by atoms with Gasteiger partial charge >= 0.3 is 5.97 Å². The third-order valence-corrected chi connectivity index (χ3v) is 3.12. The smallest absolute Gasteiger partial charge is 0.325 e. The molecule has 0 N–H and O–H groups in total. The zero-order valence-electron chi connectivity index (χ0n) is 8.98. The molecule has 0 atom stereocenters. The molecule has 0 unspecified atom stereocenters. The van der Waals surface area contributed by atoms with Gasteiger partial charge in [0, 0.05) is 21.4 Å². The Morgan fingerprint density at radius 1 is 1.22 bits per heavy atom. The van der Waals surface area contributed by atoms with Crippen LogP contribution in [0.4, 0.5) is 0 Å². The van der Waals surface area contributed by atoms with Gasteiger partial charge in [-0.05, 0) is 40.8 Å². The lowest BCUT2D eigenvalue weighted by molar-refractivity contribution is -0.172. The Labute approximate surface area is 121 Å². The zero-order chi connectivity index (χ0) is 13.3. The van der Waals surface area contributed by atoms with Gasteiger partial charge in [0.25, 0.3) is 11.8 Å². The third kappa shape index (κ3) is 2.81. The van der Waals surface area contributed by atoms with Crippen molar-refractivity contribution in [2.75, 3.05) is 0 Å². The highest BCUT2D eigenvalue weighted by Crippen LogP contribution is 2.19. The minimum absolute atomic E-state index is 0.0686. The molecule has 2 amide bonds. The van der Waals surface area contributed by atoms with Crippen LogP contribution >= 0.6 is 34.2 Å². The van der Waals surface area contributed by atoms with Crippen LogP contribution in [0.2, 0.25) is 5.02 Å². The fourth-order valence-electron chi connectivity index (χ4n) is 1.47. The summed E-state index contributed by atoms with van der Waals surface area (Å²) in [6.45, 7) is 0. The summed E-state index contributed by atoms with van der Waals surface area (Å²) in [5, 5.41) is 0.892. The van der Waals surface area contributed by atoms with Gasteiger partial charge in [-0.15, -0.1) is 5.06 Å². The molecule has 7 heteroatoms. The van der Waals surface area contributed by atoms with Crippen molar-refractivity contribution in [3.8, 4) is 0 Å². The lowest BCUT2D eigenvalue weighted by Gasteiger charge is -2.12. The normalized spacial score (nSPS) is 15.1. The highest BCUT2D eigenvalue weighted by atomic mass is 127. The molecular weight excluding hydrogens is 372 g/mol. The lowest BCUT2D eigenvalue weighted by atomic mass is 10.2. The summed E-state index contributed by atoms with van der Waals surface area (Å²) < 4.78 is 0.756. The van der Waals surface area contributed by atoms with E-state index >= 15 is 0 Å². The van der Waals surface area contributed by atoms with E-state index in [1.807, 2.05) is 22.6 Å². The number of hydrogen-bond donors (Lipinski definition) is 0. The molecule has 0 radical (unpaired) electrons. The van der Waals surface area contributed by atoms with Gasteiger partial charge in [0.2, 0.25) is 0 Å². The number of carbonyl (C=O) groups excluding carboxylic acids is 3. The number of amides is 2. The average molecular weight is 380 g/mol. The molecule has 1 heterocycles. The Morgan fingerprint density at radius 2 is 1.83 bits per heavy atom. The van der Waals surface area contributed by atoms with Crippen LogP contribution in [0.25, 0.3) is 0 Å². The minimum Gasteiger partial charge on any atom is -0.325 e. The zero-order valence-corrected chi connectivity index (χ0v) is 11.9. The maximum Gasteiger partial charge on any atom is 0.364 e. The molecule has 1 aromatic carbocycles. The van der Waals surface area contributed by atoms with E-state index in [9.17, 15) is 14.4 Å². The van der Waals surface area contributed by atoms with Gasteiger partial charge in [0.05, 0.1) is 5.56 Å². The Bertz CT molecular complexity index is 510. The highest BCUT2D eigenvalue weighted by molar-refractivity contribution is 14.1. The second-order valence-corrected chi connectivity index (χ2v) is 5.30. The van der Waals surface area contributed by atoms with Crippen LogP contribution in [0.5, 0.6) is 0 Å². The number of halogens is 2. The summed E-state index contributed by atoms with van der Waals surface area (Å²) >= 11 is 7.81. The van der Waals surface area contributed by atoms with Gasteiger partial charge in [-0.1, -0.05) is 11.6 Å². The number of hydrogen-bond acceptors (Lipinski definition) is 4. The minimum atomic E-state index is -0.779. The van der Waals surface area contributed by atoms with Crippen LogP contribution in [-0.2, 0) is 14.4 Å². The quantitative estimate of drug-likeness (QED) is 0.584. The van der Waals surface area contributed by atoms with E-state index in [4.69, 9.17) is 16.4 Å². The lowest BCUT2D eigenvalue weighted by Crippen LogP contribution is -2.32. The van der Waals surface area contributed by atoms with Crippen molar-refractivity contribution in [3.63, 3.8) is 0 Å². The molecule has 94 valence electrons. The molecular formula is C11H7ClINO4. The van der Waals surface area contributed by atoms with Gasteiger partial charge < -0.3 is 4.84 Å². The van der Waals surface area contributed by atoms with Crippen molar-refractivity contribution in [1.29, 1.82) is 0 Å². The Morgan fingerprint density at radius 3 is 2.39 bits per heavy atom. The van der Waals surface area contributed by atoms with Crippen LogP contribution in [0, 0.1) is 3.57 Å². The highest BCUT2D eigenvalue weighted by Gasteiger charge is 2.33. The van der Waals surface area contributed by atoms with Crippen LogP contribution in [0.15, 0.2) is 18.2 Å². The van der Waals surface area contributed by atoms with Gasteiger partial charge in [0.15, 0.2) is 0 Å². The topological polar surface area (TPSA) is 63.7 Å². The van der Waals surface area contributed by atoms with E-state index in [1.165, 1.54) is 6.07 Å². The van der Waals surface area contributed by atoms with Crippen molar-refractivity contribution in [1.82, 2.24) is 5.06 Å². The first-order chi connectivity index (χ1) is 8.47. The molecule has 1 aliphatic heterocycles. The maximum absolute atomic E-state index is 11.8. The molecule has 0 aliphatic carbocycles. The number of nitrogens with zero attached hydrogens (tertiary/aromatic N) is 1. The van der Waals surface area contributed by atoms with Gasteiger partial charge in [-0.3, -0.25) is 9.59 Å². The number of benzene rings is 1. The average Bonchev–Trinajstić information content (AvgIpc) is 2.59. The number of rotatable bonds is 2. The summed E-state index contributed by atoms with van der Waals surface area (Å²) in [6.07, 6.45) is 0.137. The molecule has 1 aromatic rings.